The van der Waals surface area contributed by atoms with Gasteiger partial charge in [-0.05, 0) is 89.4 Å². The van der Waals surface area contributed by atoms with E-state index in [1.54, 1.807) is 0 Å². The fourth-order valence-electron chi connectivity index (χ4n) is 8.74. The highest BCUT2D eigenvalue weighted by Gasteiger charge is 2.47. The number of carbonyl (C=O) groups is 1. The summed E-state index contributed by atoms with van der Waals surface area (Å²) in [6, 6.07) is 7.66. The fourth-order valence-corrected chi connectivity index (χ4v) is 11.0. The number of ether oxygens (including phenoxy) is 4. The summed E-state index contributed by atoms with van der Waals surface area (Å²) >= 11 is 0. The highest BCUT2D eigenvalue weighted by atomic mass is 28.3. The second-order valence-electron chi connectivity index (χ2n) is 23.0. The van der Waals surface area contributed by atoms with Gasteiger partial charge < -0.3 is 33.3 Å². The molecule has 13 nitrogen and oxygen atoms in total. The molecule has 4 aromatic heterocycles. The molecule has 3 aliphatic rings. The van der Waals surface area contributed by atoms with Crippen molar-refractivity contribution in [2.75, 3.05) is 38.2 Å². The minimum Gasteiger partial charge on any atom is -0.444 e. The number of hydrogen-bond acceptors (Lipinski definition) is 10. The van der Waals surface area contributed by atoms with E-state index in [4.69, 9.17) is 34.0 Å². The van der Waals surface area contributed by atoms with Crippen LogP contribution in [-0.4, -0.2) is 115 Å². The summed E-state index contributed by atoms with van der Waals surface area (Å²) in [5.41, 5.74) is 5.30. The minimum absolute atomic E-state index is 0.113. The lowest BCUT2D eigenvalue weighted by Crippen LogP contribution is -2.48. The Kier molecular flexibility index (Phi) is 14.5. The molecule has 6 heterocycles. The summed E-state index contributed by atoms with van der Waals surface area (Å²) in [6.45, 7) is 30.7. The molecule has 2 aliphatic heterocycles. The van der Waals surface area contributed by atoms with Crippen LogP contribution in [0.25, 0.3) is 28.3 Å². The molecule has 0 aromatic carbocycles. The van der Waals surface area contributed by atoms with E-state index in [0.29, 0.717) is 39.3 Å². The van der Waals surface area contributed by atoms with Gasteiger partial charge in [-0.15, -0.1) is 0 Å². The molecule has 63 heavy (non-hydrogen) atoms. The smallest absolute Gasteiger partial charge is 0.410 e. The molecule has 1 amide bonds. The van der Waals surface area contributed by atoms with Crippen LogP contribution >= 0.6 is 0 Å². The number of rotatable bonds is 20. The normalized spacial score (nSPS) is 19.6. The monoisotopic (exact) mass is 917 g/mol. The number of carbonyl (C=O) groups excluding carboxylic acids is 1. The number of fused-ring (bicyclic) bond motifs is 3. The van der Waals surface area contributed by atoms with Crippen LogP contribution in [0.15, 0.2) is 36.9 Å². The average Bonchev–Trinajstić information content (AvgIpc) is 3.65. The van der Waals surface area contributed by atoms with Crippen LogP contribution < -0.4 is 4.90 Å². The molecule has 3 fully saturated rings. The summed E-state index contributed by atoms with van der Waals surface area (Å²) in [5, 5.41) is 5.15. The van der Waals surface area contributed by atoms with Crippen molar-refractivity contribution in [2.24, 2.45) is 0 Å². The Morgan fingerprint density at radius 3 is 1.92 bits per heavy atom. The van der Waals surface area contributed by atoms with Crippen molar-refractivity contribution in [3.05, 3.63) is 48.2 Å². The maximum absolute atomic E-state index is 13.6. The molecule has 0 radical (unpaired) electrons. The maximum Gasteiger partial charge on any atom is 0.410 e. The quantitative estimate of drug-likeness (QED) is 0.0481. The van der Waals surface area contributed by atoms with Gasteiger partial charge in [-0.1, -0.05) is 65.0 Å². The standard InChI is InChI=1S/C47H76N8O5Si3/c1-47(2,3)60-46(56)54-37-16-17-38(54)28-36(27-37)42-41(34-13-14-34)45(53(32-58-22-25-62(7,8)9)33-59-23-26-63(10,11)12)55-43(51-42)39(30-50-55)35-15-18-40(49-29-35)44-48-19-20-52(44)31-57-21-24-61(4,5)6/h15,18-20,29-30,34,36-38H,13-14,16-17,21-28,31-33H2,1-12H3/t36?,37-,38+. The Hall–Kier alpha value is -3.42. The van der Waals surface area contributed by atoms with Gasteiger partial charge in [0.15, 0.2) is 11.5 Å². The first kappa shape index (κ1) is 47.5. The van der Waals surface area contributed by atoms with Gasteiger partial charge in [-0.2, -0.15) is 9.61 Å². The van der Waals surface area contributed by atoms with Crippen LogP contribution in [-0.2, 0) is 25.7 Å². The Balaban J connectivity index is 1.27. The first-order valence-electron chi connectivity index (χ1n) is 23.5. The zero-order valence-corrected chi connectivity index (χ0v) is 43.5. The van der Waals surface area contributed by atoms with Crippen molar-refractivity contribution in [1.82, 2.24) is 34.0 Å². The summed E-state index contributed by atoms with van der Waals surface area (Å²) < 4.78 is 29.3. The summed E-state index contributed by atoms with van der Waals surface area (Å²) in [6.07, 6.45) is 13.3. The van der Waals surface area contributed by atoms with Gasteiger partial charge in [0, 0.05) is 97.3 Å². The van der Waals surface area contributed by atoms with Crippen molar-refractivity contribution in [2.45, 2.75) is 173 Å². The predicted molar refractivity (Wildman–Crippen MR) is 261 cm³/mol. The van der Waals surface area contributed by atoms with Crippen LogP contribution in [0.2, 0.25) is 77.1 Å². The first-order chi connectivity index (χ1) is 29.6. The van der Waals surface area contributed by atoms with E-state index < -0.39 is 29.8 Å². The van der Waals surface area contributed by atoms with Crippen LogP contribution in [0, 0.1) is 0 Å². The van der Waals surface area contributed by atoms with Crippen LogP contribution in [0.1, 0.15) is 82.4 Å². The van der Waals surface area contributed by atoms with Crippen LogP contribution in [0.5, 0.6) is 0 Å². The van der Waals surface area contributed by atoms with Gasteiger partial charge in [0.05, 0.1) is 11.9 Å². The van der Waals surface area contributed by atoms with Gasteiger partial charge >= 0.3 is 6.09 Å². The molecular formula is C47H76N8O5Si3. The first-order valence-corrected chi connectivity index (χ1v) is 34.7. The number of aromatic nitrogens is 6. The van der Waals surface area contributed by atoms with E-state index in [9.17, 15) is 4.79 Å². The third kappa shape index (κ3) is 12.5. The number of anilines is 1. The zero-order chi connectivity index (χ0) is 45.3. The molecule has 1 aliphatic carbocycles. The number of piperidine rings is 1. The molecule has 7 rings (SSSR count). The van der Waals surface area contributed by atoms with Gasteiger partial charge in [-0.3, -0.25) is 4.98 Å². The highest BCUT2D eigenvalue weighted by Crippen LogP contribution is 2.52. The second-order valence-corrected chi connectivity index (χ2v) is 39.8. The van der Waals surface area contributed by atoms with Gasteiger partial charge in [0.25, 0.3) is 0 Å². The molecule has 16 heteroatoms. The van der Waals surface area contributed by atoms with Gasteiger partial charge in [0.2, 0.25) is 0 Å². The van der Waals surface area contributed by atoms with Crippen molar-refractivity contribution in [3.63, 3.8) is 0 Å². The maximum atomic E-state index is 13.6. The molecule has 1 unspecified atom stereocenters. The SMILES string of the molecule is CC(C)(C)OC(=O)N1[C@@H]2CC[C@H]1CC(c1nc3c(-c4ccc(-c5nccn5COCC[Si](C)(C)C)nc4)cnn3c(N(COCC[Si](C)(C)C)COCC[Si](C)(C)C)c1C1CC1)C2. The lowest BCUT2D eigenvalue weighted by molar-refractivity contribution is 0.00565. The van der Waals surface area contributed by atoms with Crippen molar-refractivity contribution >= 4 is 41.8 Å². The molecule has 0 spiro atoms. The number of imidazole rings is 1. The Morgan fingerprint density at radius 1 is 0.778 bits per heavy atom. The third-order valence-corrected chi connectivity index (χ3v) is 17.5. The number of nitrogens with zero attached hydrogens (tertiary/aromatic N) is 8. The molecule has 0 N–H and O–H groups in total. The number of pyridine rings is 1. The average molecular weight is 917 g/mol. The third-order valence-electron chi connectivity index (χ3n) is 12.4. The molecule has 4 aromatic rings. The summed E-state index contributed by atoms with van der Waals surface area (Å²) in [7, 11) is -3.82. The summed E-state index contributed by atoms with van der Waals surface area (Å²) in [4.78, 5) is 33.2. The van der Waals surface area contributed by atoms with E-state index in [-0.39, 0.29) is 24.1 Å². The molecule has 1 saturated carbocycles. The Bertz CT molecular complexity index is 2130. The summed E-state index contributed by atoms with van der Waals surface area (Å²) in [5.74, 6) is 2.35. The molecule has 2 bridgehead atoms. The molecule has 3 atom stereocenters. The van der Waals surface area contributed by atoms with Crippen molar-refractivity contribution < 1.29 is 23.7 Å². The van der Waals surface area contributed by atoms with Crippen molar-refractivity contribution in [1.29, 1.82) is 0 Å². The minimum atomic E-state index is -1.31. The van der Waals surface area contributed by atoms with E-state index in [2.05, 4.69) is 79.4 Å². The number of hydrogen-bond donors (Lipinski definition) is 0. The van der Waals surface area contributed by atoms with Crippen molar-refractivity contribution in [3.8, 4) is 22.6 Å². The lowest BCUT2D eigenvalue weighted by Gasteiger charge is -2.40. The Labute approximate surface area is 379 Å². The number of amides is 1. The van der Waals surface area contributed by atoms with E-state index in [1.165, 1.54) is 5.56 Å². The molecule has 2 saturated heterocycles. The fraction of sp³-hybridized carbons (Fsp3) is 0.681. The molecular weight excluding hydrogens is 841 g/mol. The van der Waals surface area contributed by atoms with E-state index in [1.807, 2.05) is 61.1 Å². The van der Waals surface area contributed by atoms with Crippen LogP contribution in [0.3, 0.4) is 0 Å². The second kappa shape index (κ2) is 19.2. The van der Waals surface area contributed by atoms with Gasteiger partial charge in [-0.25, -0.2) is 14.8 Å². The highest BCUT2D eigenvalue weighted by molar-refractivity contribution is 6.76. The topological polar surface area (TPSA) is 121 Å². The van der Waals surface area contributed by atoms with Crippen LogP contribution in [0.4, 0.5) is 10.6 Å². The van der Waals surface area contributed by atoms with E-state index in [0.717, 1.165) is 103 Å². The lowest BCUT2D eigenvalue weighted by atomic mass is 9.85. The molecule has 346 valence electrons. The zero-order valence-electron chi connectivity index (χ0n) is 40.5. The largest absolute Gasteiger partial charge is 0.444 e. The predicted octanol–water partition coefficient (Wildman–Crippen LogP) is 10.9. The van der Waals surface area contributed by atoms with Gasteiger partial charge in [0.1, 0.15) is 37.3 Å². The Morgan fingerprint density at radius 2 is 1.38 bits per heavy atom. The van der Waals surface area contributed by atoms with E-state index >= 15 is 0 Å².